The minimum absolute atomic E-state index is 0.0341. The molecule has 0 aliphatic carbocycles. The Hall–Kier alpha value is -3.22. The second kappa shape index (κ2) is 10.8. The molecule has 0 aliphatic rings. The van der Waals surface area contributed by atoms with Crippen LogP contribution in [0.2, 0.25) is 0 Å². The summed E-state index contributed by atoms with van der Waals surface area (Å²) in [6.07, 6.45) is 0.848. The van der Waals surface area contributed by atoms with E-state index in [4.69, 9.17) is 9.72 Å². The number of hydrogen-bond donors (Lipinski definition) is 0. The minimum Gasteiger partial charge on any atom is -0.494 e. The van der Waals surface area contributed by atoms with Crippen LogP contribution in [0.3, 0.4) is 0 Å². The van der Waals surface area contributed by atoms with Crippen molar-refractivity contribution in [2.75, 3.05) is 39.2 Å². The van der Waals surface area contributed by atoms with Crippen molar-refractivity contribution in [2.45, 2.75) is 19.3 Å². The molecule has 1 heterocycles. The Morgan fingerprint density at radius 1 is 0.941 bits per heavy atom. The lowest BCUT2D eigenvalue weighted by Gasteiger charge is -2.26. The third-order valence-corrected chi connectivity index (χ3v) is 7.12. The highest BCUT2D eigenvalue weighted by atomic mass is 32.1. The summed E-state index contributed by atoms with van der Waals surface area (Å²) < 4.78 is 6.62. The van der Waals surface area contributed by atoms with E-state index in [1.54, 1.807) is 18.4 Å². The van der Waals surface area contributed by atoms with E-state index >= 15 is 0 Å². The minimum atomic E-state index is -0.406. The maximum Gasteiger partial charge on any atom is 0.240 e. The molecule has 176 valence electrons. The molecule has 4 rings (SSSR count). The molecular formula is C28H31N3O2S. The number of carbonyl (C=O) groups is 1. The summed E-state index contributed by atoms with van der Waals surface area (Å²) in [5.41, 5.74) is 3.89. The fraction of sp³-hybridized carbons (Fsp3) is 0.286. The van der Waals surface area contributed by atoms with Gasteiger partial charge in [0.1, 0.15) is 11.3 Å². The molecule has 0 fully saturated rings. The first kappa shape index (κ1) is 23.9. The number of nitrogens with zero attached hydrogens (tertiary/aromatic N) is 3. The lowest BCUT2D eigenvalue weighted by Crippen LogP contribution is -2.37. The van der Waals surface area contributed by atoms with Crippen molar-refractivity contribution in [3.05, 3.63) is 89.5 Å². The first-order valence-corrected chi connectivity index (χ1v) is 12.3. The van der Waals surface area contributed by atoms with Crippen LogP contribution in [-0.2, 0) is 4.79 Å². The van der Waals surface area contributed by atoms with Gasteiger partial charge in [-0.05, 0) is 56.7 Å². The first-order valence-electron chi connectivity index (χ1n) is 11.5. The van der Waals surface area contributed by atoms with E-state index in [2.05, 4.69) is 25.9 Å². The Morgan fingerprint density at radius 3 is 2.12 bits per heavy atom. The highest BCUT2D eigenvalue weighted by Crippen LogP contribution is 2.38. The molecule has 5 nitrogen and oxygen atoms in total. The average Bonchev–Trinajstić information content (AvgIpc) is 3.29. The van der Waals surface area contributed by atoms with E-state index in [9.17, 15) is 4.79 Å². The van der Waals surface area contributed by atoms with Gasteiger partial charge >= 0.3 is 0 Å². The SMILES string of the molecule is COc1ccc(C)c2sc(N(CCCN(C)C)C(=O)C(c3ccccc3)c3ccccc3)nc12. The molecule has 1 amide bonds. The van der Waals surface area contributed by atoms with Crippen molar-refractivity contribution in [3.8, 4) is 5.75 Å². The Labute approximate surface area is 205 Å². The van der Waals surface area contributed by atoms with Gasteiger partial charge in [0.2, 0.25) is 5.91 Å². The predicted octanol–water partition coefficient (Wildman–Crippen LogP) is 5.73. The number of rotatable bonds is 9. The molecule has 3 aromatic carbocycles. The molecule has 0 radical (unpaired) electrons. The fourth-order valence-electron chi connectivity index (χ4n) is 4.15. The second-order valence-electron chi connectivity index (χ2n) is 8.66. The fourth-order valence-corrected chi connectivity index (χ4v) is 5.23. The van der Waals surface area contributed by atoms with Crippen LogP contribution >= 0.6 is 11.3 Å². The Kier molecular flexibility index (Phi) is 7.60. The molecule has 1 aromatic heterocycles. The summed E-state index contributed by atoms with van der Waals surface area (Å²) in [4.78, 5) is 23.2. The summed E-state index contributed by atoms with van der Waals surface area (Å²) >= 11 is 1.56. The third kappa shape index (κ3) is 5.13. The zero-order chi connectivity index (χ0) is 24.1. The Morgan fingerprint density at radius 2 is 1.56 bits per heavy atom. The summed E-state index contributed by atoms with van der Waals surface area (Å²) in [7, 11) is 5.76. The number of hydrogen-bond acceptors (Lipinski definition) is 5. The summed E-state index contributed by atoms with van der Waals surface area (Å²) in [6, 6.07) is 24.0. The van der Waals surface area contributed by atoms with Crippen LogP contribution in [0.5, 0.6) is 5.75 Å². The van der Waals surface area contributed by atoms with Gasteiger partial charge in [-0.25, -0.2) is 4.98 Å². The van der Waals surface area contributed by atoms with Gasteiger partial charge in [0.05, 0.1) is 17.7 Å². The topological polar surface area (TPSA) is 45.7 Å². The summed E-state index contributed by atoms with van der Waals surface area (Å²) in [6.45, 7) is 3.55. The normalized spacial score (nSPS) is 11.4. The molecule has 0 aliphatic heterocycles. The highest BCUT2D eigenvalue weighted by molar-refractivity contribution is 7.22. The van der Waals surface area contributed by atoms with Gasteiger partial charge in [-0.1, -0.05) is 78.1 Å². The molecule has 0 N–H and O–H groups in total. The first-order chi connectivity index (χ1) is 16.5. The Balaban J connectivity index is 1.80. The number of benzene rings is 3. The van der Waals surface area contributed by atoms with Gasteiger partial charge in [-0.2, -0.15) is 0 Å². The molecule has 4 aromatic rings. The van der Waals surface area contributed by atoms with Gasteiger partial charge in [0.25, 0.3) is 0 Å². The number of anilines is 1. The van der Waals surface area contributed by atoms with Crippen molar-refractivity contribution < 1.29 is 9.53 Å². The van der Waals surface area contributed by atoms with Gasteiger partial charge < -0.3 is 9.64 Å². The molecule has 0 unspecified atom stereocenters. The molecule has 0 saturated carbocycles. The highest BCUT2D eigenvalue weighted by Gasteiger charge is 2.30. The number of fused-ring (bicyclic) bond motifs is 1. The van der Waals surface area contributed by atoms with Crippen LogP contribution in [0.1, 0.15) is 29.0 Å². The number of aromatic nitrogens is 1. The van der Waals surface area contributed by atoms with Crippen molar-refractivity contribution >= 4 is 32.6 Å². The van der Waals surface area contributed by atoms with Crippen LogP contribution < -0.4 is 9.64 Å². The van der Waals surface area contributed by atoms with E-state index in [0.717, 1.165) is 45.6 Å². The van der Waals surface area contributed by atoms with Crippen molar-refractivity contribution in [2.24, 2.45) is 0 Å². The molecule has 0 saturated heterocycles. The molecular weight excluding hydrogens is 442 g/mol. The Bertz CT molecular complexity index is 1200. The van der Waals surface area contributed by atoms with E-state index < -0.39 is 5.92 Å². The predicted molar refractivity (Wildman–Crippen MR) is 141 cm³/mol. The lowest BCUT2D eigenvalue weighted by molar-refractivity contribution is -0.119. The standard InChI is InChI=1S/C28H31N3O2S/c1-20-16-17-23(33-4)25-26(20)34-28(29-25)31(19-11-18-30(2)3)27(32)24(21-12-7-5-8-13-21)22-14-9-6-10-15-22/h5-10,12-17,24H,11,18-19H2,1-4H3. The number of carbonyl (C=O) groups excluding carboxylic acids is 1. The number of ether oxygens (including phenoxy) is 1. The number of amides is 1. The molecule has 0 spiro atoms. The van der Waals surface area contributed by atoms with Crippen molar-refractivity contribution in [1.82, 2.24) is 9.88 Å². The van der Waals surface area contributed by atoms with Gasteiger partial charge in [-0.15, -0.1) is 0 Å². The zero-order valence-corrected chi connectivity index (χ0v) is 21.0. The van der Waals surface area contributed by atoms with Gasteiger partial charge in [0.15, 0.2) is 5.13 Å². The third-order valence-electron chi connectivity index (χ3n) is 5.91. The van der Waals surface area contributed by atoms with E-state index in [1.807, 2.05) is 77.7 Å². The van der Waals surface area contributed by atoms with Gasteiger partial charge in [0, 0.05) is 6.54 Å². The molecule has 0 atom stereocenters. The van der Waals surface area contributed by atoms with Crippen LogP contribution in [0.4, 0.5) is 5.13 Å². The monoisotopic (exact) mass is 473 g/mol. The van der Waals surface area contributed by atoms with Crippen molar-refractivity contribution in [3.63, 3.8) is 0 Å². The van der Waals surface area contributed by atoms with Gasteiger partial charge in [-0.3, -0.25) is 9.69 Å². The number of methoxy groups -OCH3 is 1. The lowest BCUT2D eigenvalue weighted by atomic mass is 9.90. The molecule has 6 heteroatoms. The zero-order valence-electron chi connectivity index (χ0n) is 20.2. The van der Waals surface area contributed by atoms with Crippen LogP contribution in [0, 0.1) is 6.92 Å². The van der Waals surface area contributed by atoms with Crippen LogP contribution in [0.15, 0.2) is 72.8 Å². The number of aryl methyl sites for hydroxylation is 1. The van der Waals surface area contributed by atoms with Crippen molar-refractivity contribution in [1.29, 1.82) is 0 Å². The van der Waals surface area contributed by atoms with Crippen LogP contribution in [0.25, 0.3) is 10.2 Å². The second-order valence-corrected chi connectivity index (χ2v) is 9.64. The maximum atomic E-state index is 14.3. The summed E-state index contributed by atoms with van der Waals surface area (Å²) in [5, 5.41) is 0.711. The molecule has 34 heavy (non-hydrogen) atoms. The van der Waals surface area contributed by atoms with E-state index in [-0.39, 0.29) is 5.91 Å². The van der Waals surface area contributed by atoms with E-state index in [0.29, 0.717) is 11.7 Å². The quantitative estimate of drug-likeness (QED) is 0.311. The largest absolute Gasteiger partial charge is 0.494 e. The smallest absolute Gasteiger partial charge is 0.240 e. The average molecular weight is 474 g/mol. The number of thiazole rings is 1. The maximum absolute atomic E-state index is 14.3. The van der Waals surface area contributed by atoms with E-state index in [1.165, 1.54) is 0 Å². The summed E-state index contributed by atoms with van der Waals surface area (Å²) in [5.74, 6) is 0.357. The molecule has 0 bridgehead atoms. The van der Waals surface area contributed by atoms with Crippen LogP contribution in [-0.4, -0.2) is 50.1 Å².